The second-order valence-electron chi connectivity index (χ2n) is 8.44. The van der Waals surface area contributed by atoms with E-state index in [2.05, 4.69) is 11.0 Å². The van der Waals surface area contributed by atoms with Crippen molar-refractivity contribution in [3.05, 3.63) is 81.0 Å². The number of hydrogen-bond donors (Lipinski definition) is 0. The van der Waals surface area contributed by atoms with Crippen molar-refractivity contribution in [2.45, 2.75) is 25.8 Å². The monoisotopic (exact) mass is 475 g/mol. The third-order valence-electron chi connectivity index (χ3n) is 6.32. The van der Waals surface area contributed by atoms with Crippen molar-refractivity contribution >= 4 is 56.9 Å². The van der Waals surface area contributed by atoms with Crippen LogP contribution in [-0.2, 0) is 18.4 Å². The van der Waals surface area contributed by atoms with Gasteiger partial charge >= 0.3 is 0 Å². The predicted octanol–water partition coefficient (Wildman–Crippen LogP) is 4.93. The normalized spacial score (nSPS) is 18.0. The zero-order valence-electron chi connectivity index (χ0n) is 18.5. The Kier molecular flexibility index (Phi) is 6.08. The fourth-order valence-corrected chi connectivity index (χ4v) is 5.86. The van der Waals surface area contributed by atoms with Gasteiger partial charge in [-0.05, 0) is 37.0 Å². The van der Waals surface area contributed by atoms with E-state index in [1.807, 2.05) is 48.5 Å². The van der Waals surface area contributed by atoms with E-state index < -0.39 is 0 Å². The van der Waals surface area contributed by atoms with Crippen LogP contribution in [0, 0.1) is 0 Å². The van der Waals surface area contributed by atoms with Gasteiger partial charge < -0.3 is 9.47 Å². The molecule has 0 atom stereocenters. The topological polar surface area (TPSA) is 45.6 Å². The maximum atomic E-state index is 13.5. The summed E-state index contributed by atoms with van der Waals surface area (Å²) in [5.74, 6) is -0.145. The van der Waals surface area contributed by atoms with Crippen LogP contribution in [0.4, 0.5) is 5.69 Å². The van der Waals surface area contributed by atoms with Gasteiger partial charge in [-0.15, -0.1) is 0 Å². The lowest BCUT2D eigenvalue weighted by Gasteiger charge is -2.31. The van der Waals surface area contributed by atoms with E-state index >= 15 is 0 Å². The van der Waals surface area contributed by atoms with Gasteiger partial charge in [-0.2, -0.15) is 0 Å². The number of piperidine rings is 1. The van der Waals surface area contributed by atoms with Gasteiger partial charge in [-0.25, -0.2) is 0 Å². The Hall–Kier alpha value is -2.90. The molecule has 2 aromatic carbocycles. The SMILES string of the molecule is Cn1c(=O)c(C=C2SC(=S)N(Cc3ccccc3)C2=O)c(N2CCCCC2)c2ccccc21. The molecule has 3 heterocycles. The molecule has 2 saturated heterocycles. The van der Waals surface area contributed by atoms with Crippen LogP contribution in [0.5, 0.6) is 0 Å². The summed E-state index contributed by atoms with van der Waals surface area (Å²) in [5.41, 5.74) is 3.32. The van der Waals surface area contributed by atoms with Gasteiger partial charge in [-0.1, -0.05) is 72.5 Å². The van der Waals surface area contributed by atoms with E-state index in [1.165, 1.54) is 18.2 Å². The highest BCUT2D eigenvalue weighted by atomic mass is 32.2. The van der Waals surface area contributed by atoms with E-state index in [1.54, 1.807) is 22.6 Å². The molecular formula is C26H25N3O2S2. The molecule has 0 saturated carbocycles. The van der Waals surface area contributed by atoms with E-state index in [4.69, 9.17) is 12.2 Å². The molecule has 3 aromatic rings. The van der Waals surface area contributed by atoms with Crippen molar-refractivity contribution in [3.8, 4) is 0 Å². The Labute approximate surface area is 202 Å². The number of carbonyl (C=O) groups is 1. The molecule has 0 aliphatic carbocycles. The lowest BCUT2D eigenvalue weighted by molar-refractivity contribution is -0.122. The molecule has 0 unspecified atom stereocenters. The maximum Gasteiger partial charge on any atom is 0.266 e. The van der Waals surface area contributed by atoms with Crippen LogP contribution in [0.25, 0.3) is 17.0 Å². The molecule has 1 amide bonds. The molecule has 7 heteroatoms. The highest BCUT2D eigenvalue weighted by Gasteiger charge is 2.33. The molecule has 5 nitrogen and oxygen atoms in total. The first-order valence-corrected chi connectivity index (χ1v) is 12.4. The average molecular weight is 476 g/mol. The number of pyridine rings is 1. The van der Waals surface area contributed by atoms with E-state index in [-0.39, 0.29) is 11.5 Å². The number of thioether (sulfide) groups is 1. The second-order valence-corrected chi connectivity index (χ2v) is 10.1. The summed E-state index contributed by atoms with van der Waals surface area (Å²) < 4.78 is 2.20. The molecule has 0 radical (unpaired) electrons. The molecule has 5 rings (SSSR count). The van der Waals surface area contributed by atoms with Crippen LogP contribution in [-0.4, -0.2) is 32.8 Å². The highest BCUT2D eigenvalue weighted by molar-refractivity contribution is 8.26. The molecular weight excluding hydrogens is 450 g/mol. The molecule has 1 aromatic heterocycles. The minimum atomic E-state index is -0.145. The van der Waals surface area contributed by atoms with Gasteiger partial charge in [0, 0.05) is 25.5 Å². The number of aromatic nitrogens is 1. The summed E-state index contributed by atoms with van der Waals surface area (Å²) in [7, 11) is 1.79. The van der Waals surface area contributed by atoms with E-state index in [0.717, 1.165) is 48.1 Å². The minimum Gasteiger partial charge on any atom is -0.370 e. The van der Waals surface area contributed by atoms with Crippen LogP contribution in [0.2, 0.25) is 0 Å². The van der Waals surface area contributed by atoms with Crippen molar-refractivity contribution in [2.75, 3.05) is 18.0 Å². The molecule has 0 bridgehead atoms. The van der Waals surface area contributed by atoms with Crippen molar-refractivity contribution in [2.24, 2.45) is 7.05 Å². The Bertz CT molecular complexity index is 1320. The van der Waals surface area contributed by atoms with Crippen LogP contribution in [0.15, 0.2) is 64.3 Å². The van der Waals surface area contributed by atoms with Gasteiger partial charge in [0.1, 0.15) is 4.32 Å². The second kappa shape index (κ2) is 9.15. The summed E-state index contributed by atoms with van der Waals surface area (Å²) in [5, 5.41) is 1.03. The molecule has 2 fully saturated rings. The standard InChI is InChI=1S/C26H25N3O2S2/c1-27-21-13-7-6-12-19(21)23(28-14-8-3-9-15-28)20(24(27)30)16-22-25(31)29(26(32)33-22)17-18-10-4-2-5-11-18/h2,4-7,10-13,16H,3,8-9,14-15,17H2,1H3. The summed E-state index contributed by atoms with van der Waals surface area (Å²) in [6.45, 7) is 2.25. The number of rotatable bonds is 4. The Morgan fingerprint density at radius 2 is 1.67 bits per heavy atom. The highest BCUT2D eigenvalue weighted by Crippen LogP contribution is 2.37. The molecule has 33 heavy (non-hydrogen) atoms. The fourth-order valence-electron chi connectivity index (χ4n) is 4.62. The number of amides is 1. The molecule has 0 N–H and O–H groups in total. The average Bonchev–Trinajstić information content (AvgIpc) is 3.11. The Morgan fingerprint density at radius 1 is 0.970 bits per heavy atom. The van der Waals surface area contributed by atoms with Gasteiger partial charge in [0.15, 0.2) is 0 Å². The smallest absolute Gasteiger partial charge is 0.266 e. The quantitative estimate of drug-likeness (QED) is 0.396. The molecule has 2 aliphatic heterocycles. The fraction of sp³-hybridized carbons (Fsp3) is 0.269. The summed E-state index contributed by atoms with van der Waals surface area (Å²) in [6, 6.07) is 17.8. The number of thiocarbonyl (C=S) groups is 1. The van der Waals surface area contributed by atoms with Crippen molar-refractivity contribution in [1.82, 2.24) is 9.47 Å². The maximum absolute atomic E-state index is 13.5. The van der Waals surface area contributed by atoms with Gasteiger partial charge in [0.05, 0.1) is 28.2 Å². The molecule has 168 valence electrons. The zero-order chi connectivity index (χ0) is 22.9. The number of hydrogen-bond acceptors (Lipinski definition) is 5. The summed E-state index contributed by atoms with van der Waals surface area (Å²) >= 11 is 6.81. The van der Waals surface area contributed by atoms with Crippen LogP contribution < -0.4 is 10.5 Å². The van der Waals surface area contributed by atoms with Gasteiger partial charge in [0.25, 0.3) is 11.5 Å². The number of benzene rings is 2. The third kappa shape index (κ3) is 4.11. The van der Waals surface area contributed by atoms with Crippen molar-refractivity contribution in [3.63, 3.8) is 0 Å². The largest absolute Gasteiger partial charge is 0.370 e. The minimum absolute atomic E-state index is 0.0948. The first-order chi connectivity index (χ1) is 16.0. The number of fused-ring (bicyclic) bond motifs is 1. The number of para-hydroxylation sites is 1. The van der Waals surface area contributed by atoms with Crippen LogP contribution in [0.3, 0.4) is 0 Å². The molecule has 2 aliphatic rings. The number of carbonyl (C=O) groups excluding carboxylic acids is 1. The third-order valence-corrected chi connectivity index (χ3v) is 7.69. The first kappa shape index (κ1) is 21.9. The van der Waals surface area contributed by atoms with Gasteiger partial charge in [-0.3, -0.25) is 14.5 Å². The Morgan fingerprint density at radius 3 is 2.42 bits per heavy atom. The number of anilines is 1. The van der Waals surface area contributed by atoms with Gasteiger partial charge in [0.2, 0.25) is 0 Å². The zero-order valence-corrected chi connectivity index (χ0v) is 20.1. The summed E-state index contributed by atoms with van der Waals surface area (Å²) in [6.07, 6.45) is 5.17. The lowest BCUT2D eigenvalue weighted by atomic mass is 10.0. The summed E-state index contributed by atoms with van der Waals surface area (Å²) in [4.78, 5) is 31.2. The van der Waals surface area contributed by atoms with E-state index in [9.17, 15) is 9.59 Å². The van der Waals surface area contributed by atoms with Crippen LogP contribution >= 0.6 is 24.0 Å². The molecule has 0 spiro atoms. The van der Waals surface area contributed by atoms with Crippen molar-refractivity contribution < 1.29 is 4.79 Å². The van der Waals surface area contributed by atoms with Crippen LogP contribution in [0.1, 0.15) is 30.4 Å². The predicted molar refractivity (Wildman–Crippen MR) is 140 cm³/mol. The number of aryl methyl sites for hydroxylation is 1. The van der Waals surface area contributed by atoms with E-state index in [0.29, 0.717) is 21.3 Å². The first-order valence-electron chi connectivity index (χ1n) is 11.2. The van der Waals surface area contributed by atoms with Crippen molar-refractivity contribution in [1.29, 1.82) is 0 Å². The number of nitrogens with zero attached hydrogens (tertiary/aromatic N) is 3. The lowest BCUT2D eigenvalue weighted by Crippen LogP contribution is -2.33. The Balaban J connectivity index is 1.61.